The highest BCUT2D eigenvalue weighted by molar-refractivity contribution is 6.32. The summed E-state index contributed by atoms with van der Waals surface area (Å²) in [4.78, 5) is 11.3. The minimum atomic E-state index is -1.18. The molecular weight excluding hydrogens is 426 g/mol. The van der Waals surface area contributed by atoms with Crippen molar-refractivity contribution in [3.8, 4) is 28.3 Å². The van der Waals surface area contributed by atoms with Crippen LogP contribution >= 0.6 is 11.6 Å². The van der Waals surface area contributed by atoms with E-state index in [1.54, 1.807) is 22.8 Å². The van der Waals surface area contributed by atoms with Crippen LogP contribution in [0, 0.1) is 0 Å². The molecule has 2 heterocycles. The number of carbonyl (C=O) groups is 1. The Morgan fingerprint density at radius 2 is 2.00 bits per heavy atom. The third kappa shape index (κ3) is 4.25. The molecule has 0 aliphatic carbocycles. The number of fused-ring (bicyclic) bond motifs is 1. The first-order valence-corrected chi connectivity index (χ1v) is 9.88. The number of hydrogen-bond donors (Lipinski definition) is 2. The fraction of sp³-hybridized carbons (Fsp3) is 0.182. The molecule has 31 heavy (non-hydrogen) atoms. The summed E-state index contributed by atoms with van der Waals surface area (Å²) in [7, 11) is 0. The highest BCUT2D eigenvalue weighted by Crippen LogP contribution is 2.33. The van der Waals surface area contributed by atoms with E-state index >= 15 is 0 Å². The molecule has 0 bridgehead atoms. The summed E-state index contributed by atoms with van der Waals surface area (Å²) in [6, 6.07) is 14.5. The summed E-state index contributed by atoms with van der Waals surface area (Å²) in [6.45, 7) is -1.78. The zero-order valence-corrected chi connectivity index (χ0v) is 17.1. The van der Waals surface area contributed by atoms with Gasteiger partial charge in [0.25, 0.3) is 0 Å². The molecule has 2 aromatic heterocycles. The molecule has 3 N–H and O–H groups in total. The molecular formula is C22H19ClF2N4O2. The Bertz CT molecular complexity index is 1230. The Morgan fingerprint density at radius 3 is 2.71 bits per heavy atom. The smallest absolute Gasteiger partial charge is 0.237 e. The number of ether oxygens (including phenoxy) is 1. The highest BCUT2D eigenvalue weighted by Gasteiger charge is 2.15. The largest absolute Gasteiger partial charge is 0.483 e. The second-order valence-corrected chi connectivity index (χ2v) is 7.42. The molecule has 6 nitrogen and oxygen atoms in total. The average Bonchev–Trinajstić information content (AvgIpc) is 3.40. The number of aromatic nitrogens is 3. The number of alkyl halides is 2. The first kappa shape index (κ1) is 20.9. The van der Waals surface area contributed by atoms with Crippen LogP contribution in [0.4, 0.5) is 8.78 Å². The van der Waals surface area contributed by atoms with Crippen molar-refractivity contribution < 1.29 is 18.3 Å². The van der Waals surface area contributed by atoms with Crippen molar-refractivity contribution in [1.82, 2.24) is 14.8 Å². The van der Waals surface area contributed by atoms with Crippen LogP contribution in [-0.4, -0.2) is 40.1 Å². The number of nitrogens with one attached hydrogen (secondary N) is 1. The van der Waals surface area contributed by atoms with Crippen LogP contribution in [0.15, 0.2) is 54.7 Å². The molecule has 0 aliphatic rings. The quantitative estimate of drug-likeness (QED) is 0.419. The molecule has 160 valence electrons. The van der Waals surface area contributed by atoms with Crippen molar-refractivity contribution in [3.63, 3.8) is 0 Å². The number of aromatic amines is 1. The molecule has 0 radical (unpaired) electrons. The first-order chi connectivity index (χ1) is 15.0. The first-order valence-electron chi connectivity index (χ1n) is 9.50. The van der Waals surface area contributed by atoms with Gasteiger partial charge in [-0.15, -0.1) is 0 Å². The van der Waals surface area contributed by atoms with E-state index in [1.807, 2.05) is 36.5 Å². The van der Waals surface area contributed by atoms with Crippen LogP contribution in [0.3, 0.4) is 0 Å². The number of rotatable bonds is 8. The van der Waals surface area contributed by atoms with Crippen molar-refractivity contribution in [1.29, 1.82) is 0 Å². The van der Waals surface area contributed by atoms with Gasteiger partial charge in [-0.25, -0.2) is 8.78 Å². The van der Waals surface area contributed by atoms with E-state index < -0.39 is 25.4 Å². The fourth-order valence-corrected chi connectivity index (χ4v) is 3.64. The van der Waals surface area contributed by atoms with Crippen molar-refractivity contribution in [2.24, 2.45) is 5.73 Å². The second-order valence-electron chi connectivity index (χ2n) is 7.01. The zero-order chi connectivity index (χ0) is 22.0. The lowest BCUT2D eigenvalue weighted by molar-refractivity contribution is -0.118. The lowest BCUT2D eigenvalue weighted by Crippen LogP contribution is -2.21. The summed E-state index contributed by atoms with van der Waals surface area (Å²) in [5.41, 5.74) is 9.26. The normalized spacial score (nSPS) is 11.4. The third-order valence-corrected chi connectivity index (χ3v) is 5.17. The monoisotopic (exact) mass is 444 g/mol. The second kappa shape index (κ2) is 8.77. The Morgan fingerprint density at radius 1 is 1.19 bits per heavy atom. The van der Waals surface area contributed by atoms with Crippen molar-refractivity contribution >= 4 is 28.4 Å². The zero-order valence-electron chi connectivity index (χ0n) is 16.3. The van der Waals surface area contributed by atoms with Crippen molar-refractivity contribution in [2.45, 2.75) is 12.6 Å². The predicted molar refractivity (Wildman–Crippen MR) is 116 cm³/mol. The number of H-pyrrole nitrogens is 1. The van der Waals surface area contributed by atoms with Crippen LogP contribution in [0.1, 0.15) is 0 Å². The van der Waals surface area contributed by atoms with Crippen LogP contribution in [0.5, 0.6) is 5.75 Å². The van der Waals surface area contributed by atoms with Gasteiger partial charge in [-0.2, -0.15) is 5.10 Å². The van der Waals surface area contributed by atoms with Gasteiger partial charge in [0.1, 0.15) is 25.6 Å². The van der Waals surface area contributed by atoms with E-state index in [0.717, 1.165) is 27.7 Å². The fourth-order valence-electron chi connectivity index (χ4n) is 3.41. The maximum atomic E-state index is 12.7. The predicted octanol–water partition coefficient (Wildman–Crippen LogP) is 4.52. The van der Waals surface area contributed by atoms with Gasteiger partial charge in [-0.1, -0.05) is 23.7 Å². The Labute approximate surface area is 181 Å². The molecule has 0 saturated carbocycles. The Hall–Kier alpha value is -3.39. The molecule has 9 heteroatoms. The van der Waals surface area contributed by atoms with Crippen LogP contribution in [0.2, 0.25) is 5.02 Å². The topological polar surface area (TPSA) is 85.9 Å². The summed E-state index contributed by atoms with van der Waals surface area (Å²) in [5.74, 6) is -0.206. The van der Waals surface area contributed by atoms with Gasteiger partial charge < -0.3 is 15.0 Å². The molecule has 1 amide bonds. The lowest BCUT2D eigenvalue weighted by Gasteiger charge is -2.14. The number of nitrogens with zero attached hydrogens (tertiary/aromatic N) is 2. The molecule has 0 unspecified atom stereocenters. The van der Waals surface area contributed by atoms with E-state index in [4.69, 9.17) is 22.1 Å². The third-order valence-electron chi connectivity index (χ3n) is 4.87. The summed E-state index contributed by atoms with van der Waals surface area (Å²) >= 11 is 6.24. The number of halogens is 3. The van der Waals surface area contributed by atoms with Gasteiger partial charge >= 0.3 is 0 Å². The SMILES string of the molecule is NC(=O)Cn1ccc2c(-c3cc(-c4ccc(OC(CF)CF)c(Cl)c4)n[nH]3)cccc21. The molecule has 0 spiro atoms. The van der Waals surface area contributed by atoms with E-state index in [1.165, 1.54) is 0 Å². The maximum absolute atomic E-state index is 12.7. The lowest BCUT2D eigenvalue weighted by atomic mass is 10.1. The van der Waals surface area contributed by atoms with Gasteiger partial charge in [0, 0.05) is 28.2 Å². The number of primary amides is 1. The average molecular weight is 445 g/mol. The number of amides is 1. The van der Waals surface area contributed by atoms with Crippen LogP contribution in [-0.2, 0) is 11.3 Å². The van der Waals surface area contributed by atoms with E-state index in [9.17, 15) is 13.6 Å². The van der Waals surface area contributed by atoms with E-state index in [-0.39, 0.29) is 17.3 Å². The Balaban J connectivity index is 1.64. The van der Waals surface area contributed by atoms with Gasteiger partial charge in [0.05, 0.1) is 16.4 Å². The summed E-state index contributed by atoms with van der Waals surface area (Å²) in [5, 5.41) is 8.57. The van der Waals surface area contributed by atoms with Crippen LogP contribution < -0.4 is 10.5 Å². The molecule has 0 aliphatic heterocycles. The summed E-state index contributed by atoms with van der Waals surface area (Å²) in [6.07, 6.45) is 0.638. The number of hydrogen-bond acceptors (Lipinski definition) is 3. The maximum Gasteiger partial charge on any atom is 0.237 e. The summed E-state index contributed by atoms with van der Waals surface area (Å²) < 4.78 is 32.5. The Kier molecular flexibility index (Phi) is 5.90. The molecule has 0 fully saturated rings. The molecule has 0 atom stereocenters. The molecule has 4 rings (SSSR count). The number of carbonyl (C=O) groups excluding carboxylic acids is 1. The highest BCUT2D eigenvalue weighted by atomic mass is 35.5. The van der Waals surface area contributed by atoms with Crippen molar-refractivity contribution in [2.75, 3.05) is 13.3 Å². The minimum Gasteiger partial charge on any atom is -0.483 e. The van der Waals surface area contributed by atoms with Crippen molar-refractivity contribution in [3.05, 3.63) is 59.8 Å². The van der Waals surface area contributed by atoms with Gasteiger partial charge in [0.15, 0.2) is 6.10 Å². The number of nitrogens with two attached hydrogens (primary N) is 1. The van der Waals surface area contributed by atoms with Gasteiger partial charge in [-0.3, -0.25) is 9.89 Å². The van der Waals surface area contributed by atoms with Crippen LogP contribution in [0.25, 0.3) is 33.4 Å². The van der Waals surface area contributed by atoms with Gasteiger partial charge in [-0.05, 0) is 36.4 Å². The molecule has 0 saturated heterocycles. The molecule has 2 aromatic carbocycles. The number of benzene rings is 2. The molecule has 4 aromatic rings. The standard InChI is InChI=1S/C22H19ClF2N4O2/c23-17-8-13(4-5-21(17)31-14(10-24)11-25)18-9-19(28-27-18)15-2-1-3-20-16(15)6-7-29(20)12-22(26)30/h1-9,14H,10-12H2,(H2,26,30)(H,27,28). The van der Waals surface area contributed by atoms with E-state index in [2.05, 4.69) is 10.2 Å². The van der Waals surface area contributed by atoms with E-state index in [0.29, 0.717) is 5.69 Å². The minimum absolute atomic E-state index is 0.0970. The van der Waals surface area contributed by atoms with Gasteiger partial charge in [0.2, 0.25) is 5.91 Å².